The molecule has 198 valence electrons. The van der Waals surface area contributed by atoms with Crippen LogP contribution in [0, 0.1) is 48.3 Å². The lowest BCUT2D eigenvalue weighted by molar-refractivity contribution is -0.136. The molecule has 0 radical (unpaired) electrons. The van der Waals surface area contributed by atoms with E-state index in [0.29, 0.717) is 36.5 Å². The number of hydrogen-bond donors (Lipinski definition) is 1. The van der Waals surface area contributed by atoms with Crippen LogP contribution in [0.15, 0.2) is 23.4 Å². The third-order valence-corrected chi connectivity index (χ3v) is 12.1. The number of rotatable bonds is 3. The minimum Gasteiger partial charge on any atom is -0.319 e. The number of piperidine rings is 1. The summed E-state index contributed by atoms with van der Waals surface area (Å²) in [5.74, 6) is 2.78. The van der Waals surface area contributed by atoms with Crippen LogP contribution in [-0.4, -0.2) is 28.7 Å². The molecule has 6 heteroatoms. The minimum absolute atomic E-state index is 0.107. The van der Waals surface area contributed by atoms with Crippen LogP contribution in [0.4, 0.5) is 5.13 Å². The summed E-state index contributed by atoms with van der Waals surface area (Å²) in [4.78, 5) is 32.5. The van der Waals surface area contributed by atoms with Gasteiger partial charge in [-0.1, -0.05) is 30.8 Å². The topological polar surface area (TPSA) is 62.3 Å². The lowest BCUT2D eigenvalue weighted by Gasteiger charge is -2.59. The number of fused-ring (bicyclic) bond motifs is 6. The molecule has 6 atom stereocenters. The van der Waals surface area contributed by atoms with Crippen molar-refractivity contribution < 1.29 is 9.59 Å². The molecule has 4 aliphatic rings. The van der Waals surface area contributed by atoms with Crippen molar-refractivity contribution in [3.8, 4) is 0 Å². The van der Waals surface area contributed by atoms with Crippen LogP contribution in [0.25, 0.3) is 10.2 Å². The molecule has 0 bridgehead atoms. The van der Waals surface area contributed by atoms with Gasteiger partial charge in [-0.25, -0.2) is 4.98 Å². The number of amides is 2. The van der Waals surface area contributed by atoms with Crippen LogP contribution < -0.4 is 5.32 Å². The van der Waals surface area contributed by atoms with Crippen molar-refractivity contribution in [2.75, 3.05) is 12.4 Å². The number of nitrogens with one attached hydrogen (secondary N) is 1. The maximum Gasteiger partial charge on any atom is 0.226 e. The molecule has 1 aromatic carbocycles. The molecule has 3 fully saturated rings. The van der Waals surface area contributed by atoms with Crippen molar-refractivity contribution in [1.82, 2.24) is 9.88 Å². The molecule has 2 aromatic rings. The van der Waals surface area contributed by atoms with E-state index in [-0.39, 0.29) is 22.6 Å². The van der Waals surface area contributed by atoms with E-state index in [1.807, 2.05) is 11.9 Å². The van der Waals surface area contributed by atoms with Crippen LogP contribution in [0.2, 0.25) is 0 Å². The third kappa shape index (κ3) is 3.80. The van der Waals surface area contributed by atoms with E-state index in [1.165, 1.54) is 41.7 Å². The van der Waals surface area contributed by atoms with Gasteiger partial charge in [-0.15, -0.1) is 0 Å². The first-order valence-electron chi connectivity index (χ1n) is 14.2. The molecular weight excluding hydrogens is 478 g/mol. The smallest absolute Gasteiger partial charge is 0.226 e. The second-order valence-corrected chi connectivity index (χ2v) is 14.1. The summed E-state index contributed by atoms with van der Waals surface area (Å²) in [6.45, 7) is 11.4. The van der Waals surface area contributed by atoms with Crippen LogP contribution in [0.3, 0.4) is 0 Å². The Labute approximate surface area is 225 Å². The van der Waals surface area contributed by atoms with Crippen molar-refractivity contribution in [3.63, 3.8) is 0 Å². The van der Waals surface area contributed by atoms with E-state index >= 15 is 0 Å². The van der Waals surface area contributed by atoms with Gasteiger partial charge in [-0.05, 0) is 112 Å². The highest BCUT2D eigenvalue weighted by Crippen LogP contribution is 2.67. The maximum atomic E-state index is 13.2. The number of aromatic nitrogens is 1. The van der Waals surface area contributed by atoms with Crippen LogP contribution in [0.5, 0.6) is 0 Å². The predicted molar refractivity (Wildman–Crippen MR) is 150 cm³/mol. The average molecular weight is 520 g/mol. The molecule has 1 aromatic heterocycles. The molecule has 1 aliphatic heterocycles. The zero-order valence-corrected chi connectivity index (χ0v) is 24.1. The number of carbonyl (C=O) groups is 2. The van der Waals surface area contributed by atoms with Crippen LogP contribution >= 0.6 is 11.3 Å². The Balaban J connectivity index is 1.19. The summed E-state index contributed by atoms with van der Waals surface area (Å²) in [6.07, 6.45) is 8.12. The summed E-state index contributed by atoms with van der Waals surface area (Å²) in [6, 6.07) is 4.29. The fraction of sp³-hybridized carbons (Fsp3) is 0.645. The fourth-order valence-corrected chi connectivity index (χ4v) is 10.1. The summed E-state index contributed by atoms with van der Waals surface area (Å²) in [5.41, 5.74) is 6.53. The Hall–Kier alpha value is -2.21. The second kappa shape index (κ2) is 8.65. The number of nitrogens with zero attached hydrogens (tertiary/aromatic N) is 2. The average Bonchev–Trinajstić information content (AvgIpc) is 3.36. The summed E-state index contributed by atoms with van der Waals surface area (Å²) >= 11 is 1.58. The van der Waals surface area contributed by atoms with Gasteiger partial charge in [0.25, 0.3) is 0 Å². The Bertz CT molecular complexity index is 1290. The third-order valence-electron chi connectivity index (χ3n) is 11.2. The van der Waals surface area contributed by atoms with Crippen molar-refractivity contribution in [2.45, 2.75) is 86.0 Å². The number of anilines is 1. The molecule has 37 heavy (non-hydrogen) atoms. The second-order valence-electron chi connectivity index (χ2n) is 13.1. The van der Waals surface area contributed by atoms with E-state index < -0.39 is 0 Å². The summed E-state index contributed by atoms with van der Waals surface area (Å²) < 4.78 is 1.13. The Morgan fingerprint density at radius 3 is 2.65 bits per heavy atom. The van der Waals surface area contributed by atoms with Crippen molar-refractivity contribution in [2.24, 2.45) is 34.5 Å². The predicted octanol–water partition coefficient (Wildman–Crippen LogP) is 7.24. The molecular formula is C31H41N3O2S. The van der Waals surface area contributed by atoms with Crippen molar-refractivity contribution >= 4 is 38.5 Å². The lowest BCUT2D eigenvalue weighted by Crippen LogP contribution is -2.54. The highest BCUT2D eigenvalue weighted by Gasteiger charge is 2.60. The minimum atomic E-state index is 0.107. The van der Waals surface area contributed by atoms with Crippen molar-refractivity contribution in [3.05, 3.63) is 34.5 Å². The first-order valence-corrected chi connectivity index (χ1v) is 15.0. The Kier molecular flexibility index (Phi) is 5.87. The molecule has 5 nitrogen and oxygen atoms in total. The van der Waals surface area contributed by atoms with E-state index in [4.69, 9.17) is 4.98 Å². The number of hydrogen-bond acceptors (Lipinski definition) is 4. The normalized spacial score (nSPS) is 35.4. The Morgan fingerprint density at radius 1 is 1.11 bits per heavy atom. The number of allylic oxidation sites excluding steroid dienone is 2. The summed E-state index contributed by atoms with van der Waals surface area (Å²) in [5, 5.41) is 3.87. The van der Waals surface area contributed by atoms with Gasteiger partial charge in [0.15, 0.2) is 5.13 Å². The van der Waals surface area contributed by atoms with E-state index in [9.17, 15) is 9.59 Å². The molecule has 3 aliphatic carbocycles. The quantitative estimate of drug-likeness (QED) is 0.465. The molecule has 6 rings (SSSR count). The lowest BCUT2D eigenvalue weighted by atomic mass is 9.48. The molecule has 2 heterocycles. The molecule has 1 saturated heterocycles. The number of likely N-dealkylation sites (tertiary alicyclic amines) is 1. The number of benzene rings is 1. The molecule has 0 unspecified atom stereocenters. The zero-order chi connectivity index (χ0) is 26.3. The zero-order valence-electron chi connectivity index (χ0n) is 23.2. The fourth-order valence-electron chi connectivity index (χ4n) is 9.18. The SMILES string of the molecule is CC1=C2N(C)C(=O)CC[C@]2(C)[C@H]2CC[C@]3(C)[C@@H](CC(=O)Nc4nc5cc(C)c(C)cc5s4)CC[C@H]3[C@@H]2C1. The monoisotopic (exact) mass is 519 g/mol. The number of aryl methyl sites for hydroxylation is 2. The van der Waals surface area contributed by atoms with Gasteiger partial charge in [0, 0.05) is 31.0 Å². The largest absolute Gasteiger partial charge is 0.319 e. The van der Waals surface area contributed by atoms with Crippen molar-refractivity contribution in [1.29, 1.82) is 0 Å². The van der Waals surface area contributed by atoms with Gasteiger partial charge in [0.2, 0.25) is 11.8 Å². The highest BCUT2D eigenvalue weighted by atomic mass is 32.1. The molecule has 2 saturated carbocycles. The van der Waals surface area contributed by atoms with Crippen LogP contribution in [0.1, 0.15) is 83.3 Å². The van der Waals surface area contributed by atoms with Gasteiger partial charge in [-0.3, -0.25) is 9.59 Å². The summed E-state index contributed by atoms with van der Waals surface area (Å²) in [7, 11) is 1.99. The first-order chi connectivity index (χ1) is 17.5. The van der Waals surface area contributed by atoms with Gasteiger partial charge in [-0.2, -0.15) is 0 Å². The molecule has 2 amide bonds. The standard InChI is InChI=1S/C31H41N3O2S/c1-17-14-24-25(15-18(17)2)37-29(32-24)33-26(35)16-20-7-8-22-21-13-19(3)28-31(5,12-10-27(36)34(28)6)23(21)9-11-30(20,22)4/h14-15,20-23H,7-13,16H2,1-6H3,(H,32,33,35)/t20-,21+,22+,23+,30-,31-/m1/s1. The van der Waals surface area contributed by atoms with E-state index in [0.717, 1.165) is 34.6 Å². The van der Waals surface area contributed by atoms with E-state index in [2.05, 4.69) is 52.1 Å². The van der Waals surface area contributed by atoms with Crippen LogP contribution in [-0.2, 0) is 9.59 Å². The van der Waals surface area contributed by atoms with Gasteiger partial charge in [0.1, 0.15) is 0 Å². The van der Waals surface area contributed by atoms with Gasteiger partial charge >= 0.3 is 0 Å². The number of carbonyl (C=O) groups excluding carboxylic acids is 2. The maximum absolute atomic E-state index is 13.2. The molecule has 0 spiro atoms. The van der Waals surface area contributed by atoms with E-state index in [1.54, 1.807) is 11.3 Å². The van der Waals surface area contributed by atoms with Gasteiger partial charge in [0.05, 0.1) is 10.2 Å². The first kappa shape index (κ1) is 25.1. The molecule has 1 N–H and O–H groups in total. The Morgan fingerprint density at radius 2 is 1.86 bits per heavy atom. The number of thiazole rings is 1. The van der Waals surface area contributed by atoms with Gasteiger partial charge < -0.3 is 10.2 Å². The highest BCUT2D eigenvalue weighted by molar-refractivity contribution is 7.22.